The summed E-state index contributed by atoms with van der Waals surface area (Å²) in [4.78, 5) is 10.9. The zero-order chi connectivity index (χ0) is 10.4. The average Bonchev–Trinajstić information content (AvgIpc) is 2.26. The third-order valence-corrected chi connectivity index (χ3v) is 2.55. The molecule has 1 rings (SSSR count). The van der Waals surface area contributed by atoms with Crippen molar-refractivity contribution in [3.63, 3.8) is 0 Å². The standard InChI is InChI=1S/C10H15ClO3/c1-13-10(12)9(11)14-7-8-5-3-2-4-6-8/h2-3,8-9H,4-7H2,1H3. The van der Waals surface area contributed by atoms with Crippen LogP contribution in [0.1, 0.15) is 19.3 Å². The summed E-state index contributed by atoms with van der Waals surface area (Å²) >= 11 is 5.64. The molecule has 3 nitrogen and oxygen atoms in total. The molecule has 2 unspecified atom stereocenters. The van der Waals surface area contributed by atoms with E-state index in [4.69, 9.17) is 16.3 Å². The number of hydrogen-bond acceptors (Lipinski definition) is 3. The SMILES string of the molecule is COC(=O)C(Cl)OCC1CC=CCC1. The molecule has 0 aromatic rings. The van der Waals surface area contributed by atoms with Gasteiger partial charge in [0.15, 0.2) is 0 Å². The van der Waals surface area contributed by atoms with E-state index < -0.39 is 11.5 Å². The van der Waals surface area contributed by atoms with Crippen molar-refractivity contribution < 1.29 is 14.3 Å². The molecular weight excluding hydrogens is 204 g/mol. The third kappa shape index (κ3) is 3.68. The van der Waals surface area contributed by atoms with Crippen LogP contribution < -0.4 is 0 Å². The number of rotatable bonds is 4. The van der Waals surface area contributed by atoms with Crippen LogP contribution >= 0.6 is 11.6 Å². The topological polar surface area (TPSA) is 35.5 Å². The Balaban J connectivity index is 2.19. The first kappa shape index (κ1) is 11.5. The minimum absolute atomic E-state index is 0.478. The number of carbonyl (C=O) groups is 1. The molecular formula is C10H15ClO3. The molecule has 14 heavy (non-hydrogen) atoms. The quantitative estimate of drug-likeness (QED) is 0.412. The summed E-state index contributed by atoms with van der Waals surface area (Å²) in [6.45, 7) is 0.521. The van der Waals surface area contributed by atoms with E-state index in [0.717, 1.165) is 19.3 Å². The van der Waals surface area contributed by atoms with Crippen LogP contribution in [-0.4, -0.2) is 25.2 Å². The predicted octanol–water partition coefficient (Wildman–Crippen LogP) is 2.10. The highest BCUT2D eigenvalue weighted by molar-refractivity contribution is 6.28. The Kier molecular flexibility index (Phi) is 4.98. The van der Waals surface area contributed by atoms with Gasteiger partial charge < -0.3 is 9.47 Å². The van der Waals surface area contributed by atoms with E-state index in [1.807, 2.05) is 0 Å². The number of allylic oxidation sites excluding steroid dienone is 2. The molecule has 0 radical (unpaired) electrons. The van der Waals surface area contributed by atoms with E-state index in [2.05, 4.69) is 16.9 Å². The molecule has 0 N–H and O–H groups in total. The molecule has 1 aliphatic carbocycles. The maximum absolute atomic E-state index is 10.9. The van der Waals surface area contributed by atoms with Crippen molar-refractivity contribution >= 4 is 17.6 Å². The van der Waals surface area contributed by atoms with Crippen molar-refractivity contribution in [1.82, 2.24) is 0 Å². The maximum Gasteiger partial charge on any atom is 0.350 e. The molecule has 0 fully saturated rings. The van der Waals surface area contributed by atoms with Crippen molar-refractivity contribution in [2.75, 3.05) is 13.7 Å². The lowest BCUT2D eigenvalue weighted by Gasteiger charge is -2.18. The largest absolute Gasteiger partial charge is 0.466 e. The minimum atomic E-state index is -0.967. The van der Waals surface area contributed by atoms with Crippen LogP contribution in [0.25, 0.3) is 0 Å². The number of carbonyl (C=O) groups excluding carboxylic acids is 1. The molecule has 0 aliphatic heterocycles. The number of halogens is 1. The second-order valence-corrected chi connectivity index (χ2v) is 3.72. The van der Waals surface area contributed by atoms with Crippen molar-refractivity contribution in [3.05, 3.63) is 12.2 Å². The molecule has 0 bridgehead atoms. The Morgan fingerprint density at radius 1 is 1.64 bits per heavy atom. The minimum Gasteiger partial charge on any atom is -0.466 e. The Hall–Kier alpha value is -0.540. The highest BCUT2D eigenvalue weighted by Gasteiger charge is 2.18. The van der Waals surface area contributed by atoms with Crippen molar-refractivity contribution in [1.29, 1.82) is 0 Å². The highest BCUT2D eigenvalue weighted by Crippen LogP contribution is 2.19. The van der Waals surface area contributed by atoms with E-state index >= 15 is 0 Å². The van der Waals surface area contributed by atoms with Gasteiger partial charge in [-0.3, -0.25) is 0 Å². The summed E-state index contributed by atoms with van der Waals surface area (Å²) in [6.07, 6.45) is 7.49. The van der Waals surface area contributed by atoms with Gasteiger partial charge in [0, 0.05) is 0 Å². The Labute approximate surface area is 89.0 Å². The first-order valence-electron chi connectivity index (χ1n) is 4.72. The van der Waals surface area contributed by atoms with Crippen molar-refractivity contribution in [2.24, 2.45) is 5.92 Å². The van der Waals surface area contributed by atoms with Gasteiger partial charge in [-0.05, 0) is 25.2 Å². The van der Waals surface area contributed by atoms with Crippen LogP contribution in [-0.2, 0) is 14.3 Å². The zero-order valence-corrected chi connectivity index (χ0v) is 9.00. The van der Waals surface area contributed by atoms with Crippen LogP contribution in [0.4, 0.5) is 0 Å². The summed E-state index contributed by atoms with van der Waals surface area (Å²) in [6, 6.07) is 0. The summed E-state index contributed by atoms with van der Waals surface area (Å²) in [7, 11) is 1.30. The first-order chi connectivity index (χ1) is 6.74. The lowest BCUT2D eigenvalue weighted by molar-refractivity contribution is -0.149. The predicted molar refractivity (Wildman–Crippen MR) is 54.1 cm³/mol. The summed E-state index contributed by atoms with van der Waals surface area (Å²) in [5.41, 5.74) is -0.967. The second-order valence-electron chi connectivity index (χ2n) is 3.32. The van der Waals surface area contributed by atoms with E-state index in [1.165, 1.54) is 7.11 Å². The van der Waals surface area contributed by atoms with Crippen molar-refractivity contribution in [2.45, 2.75) is 24.8 Å². The third-order valence-electron chi connectivity index (χ3n) is 2.24. The second kappa shape index (κ2) is 6.04. The molecule has 0 amide bonds. The van der Waals surface area contributed by atoms with E-state index in [9.17, 15) is 4.79 Å². The van der Waals surface area contributed by atoms with Gasteiger partial charge >= 0.3 is 5.97 Å². The molecule has 0 aromatic carbocycles. The van der Waals surface area contributed by atoms with Crippen LogP contribution in [0.3, 0.4) is 0 Å². The van der Waals surface area contributed by atoms with E-state index in [-0.39, 0.29) is 0 Å². The zero-order valence-electron chi connectivity index (χ0n) is 8.24. The number of alkyl halides is 1. The van der Waals surface area contributed by atoms with Gasteiger partial charge in [-0.1, -0.05) is 23.8 Å². The molecule has 2 atom stereocenters. The average molecular weight is 219 g/mol. The molecule has 4 heteroatoms. The van der Waals surface area contributed by atoms with Crippen LogP contribution in [0.2, 0.25) is 0 Å². The monoisotopic (exact) mass is 218 g/mol. The van der Waals surface area contributed by atoms with Crippen LogP contribution in [0.15, 0.2) is 12.2 Å². The van der Waals surface area contributed by atoms with Gasteiger partial charge in [-0.15, -0.1) is 0 Å². The van der Waals surface area contributed by atoms with Crippen LogP contribution in [0.5, 0.6) is 0 Å². The van der Waals surface area contributed by atoms with Crippen LogP contribution in [0, 0.1) is 5.92 Å². The normalized spacial score (nSPS) is 23.1. The van der Waals surface area contributed by atoms with Gasteiger partial charge in [0.1, 0.15) is 0 Å². The Bertz CT molecular complexity index is 215. The Morgan fingerprint density at radius 2 is 2.43 bits per heavy atom. The fourth-order valence-electron chi connectivity index (χ4n) is 1.39. The smallest absolute Gasteiger partial charge is 0.350 e. The highest BCUT2D eigenvalue weighted by atomic mass is 35.5. The van der Waals surface area contributed by atoms with Gasteiger partial charge in [-0.2, -0.15) is 0 Å². The van der Waals surface area contributed by atoms with Crippen molar-refractivity contribution in [3.8, 4) is 0 Å². The van der Waals surface area contributed by atoms with Gasteiger partial charge in [0.25, 0.3) is 0 Å². The molecule has 0 saturated heterocycles. The Morgan fingerprint density at radius 3 is 3.00 bits per heavy atom. The number of esters is 1. The summed E-state index contributed by atoms with van der Waals surface area (Å²) < 4.78 is 9.63. The van der Waals surface area contributed by atoms with Gasteiger partial charge in [0.2, 0.25) is 5.56 Å². The number of methoxy groups -OCH3 is 1. The molecule has 1 aliphatic rings. The molecule has 0 saturated carbocycles. The van der Waals surface area contributed by atoms with Gasteiger partial charge in [0.05, 0.1) is 13.7 Å². The van der Waals surface area contributed by atoms with Gasteiger partial charge in [-0.25, -0.2) is 4.79 Å². The molecule has 0 aromatic heterocycles. The van der Waals surface area contributed by atoms with E-state index in [0.29, 0.717) is 12.5 Å². The molecule has 80 valence electrons. The summed E-state index contributed by atoms with van der Waals surface area (Å²) in [5.74, 6) is -0.0519. The molecule has 0 spiro atoms. The number of ether oxygens (including phenoxy) is 2. The lowest BCUT2D eigenvalue weighted by atomic mass is 9.95. The fraction of sp³-hybridized carbons (Fsp3) is 0.700. The van der Waals surface area contributed by atoms with E-state index in [1.54, 1.807) is 0 Å². The maximum atomic E-state index is 10.9. The number of hydrogen-bond donors (Lipinski definition) is 0. The molecule has 0 heterocycles. The lowest BCUT2D eigenvalue weighted by Crippen LogP contribution is -2.23. The first-order valence-corrected chi connectivity index (χ1v) is 5.16. The fourth-order valence-corrected chi connectivity index (χ4v) is 1.55. The summed E-state index contributed by atoms with van der Waals surface area (Å²) in [5, 5.41) is 0.